The van der Waals surface area contributed by atoms with Crippen LogP contribution in [0.25, 0.3) is 0 Å². The van der Waals surface area contributed by atoms with Crippen molar-refractivity contribution in [2.24, 2.45) is 0 Å². The van der Waals surface area contributed by atoms with Gasteiger partial charge in [-0.3, -0.25) is 4.98 Å². The molecule has 0 bridgehead atoms. The Balaban J connectivity index is 1.96. The second kappa shape index (κ2) is 7.93. The molecule has 0 atom stereocenters. The number of carbonyl (C=O) groups is 1. The Morgan fingerprint density at radius 1 is 1.15 bits per heavy atom. The Kier molecular flexibility index (Phi) is 5.43. The Hall–Kier alpha value is -2.99. The Labute approximate surface area is 155 Å². The zero-order chi connectivity index (χ0) is 18.5. The van der Waals surface area contributed by atoms with Gasteiger partial charge in [0.15, 0.2) is 0 Å². The number of nitrogens with zero attached hydrogens (tertiary/aromatic N) is 3. The summed E-state index contributed by atoms with van der Waals surface area (Å²) in [4.78, 5) is 23.4. The third kappa shape index (κ3) is 4.15. The zero-order valence-electron chi connectivity index (χ0n) is 14.0. The van der Waals surface area contributed by atoms with Gasteiger partial charge in [-0.05, 0) is 36.2 Å². The van der Waals surface area contributed by atoms with E-state index >= 15 is 0 Å². The molecule has 0 saturated heterocycles. The molecule has 6 nitrogen and oxygen atoms in total. The number of hydrogen-bond acceptors (Lipinski definition) is 5. The number of aryl methyl sites for hydroxylation is 1. The van der Waals surface area contributed by atoms with Gasteiger partial charge in [0.2, 0.25) is 11.7 Å². The van der Waals surface area contributed by atoms with Gasteiger partial charge in [-0.1, -0.05) is 29.8 Å². The average Bonchev–Trinajstić information content (AvgIpc) is 2.64. The van der Waals surface area contributed by atoms with Crippen LogP contribution in [0.2, 0.25) is 5.02 Å². The van der Waals surface area contributed by atoms with Gasteiger partial charge in [-0.25, -0.2) is 9.78 Å². The highest BCUT2D eigenvalue weighted by molar-refractivity contribution is 6.31. The normalized spacial score (nSPS) is 10.5. The lowest BCUT2D eigenvalue weighted by Crippen LogP contribution is -2.12. The molecule has 3 aromatic rings. The van der Waals surface area contributed by atoms with E-state index in [2.05, 4.69) is 15.0 Å². The van der Waals surface area contributed by atoms with Gasteiger partial charge in [0, 0.05) is 35.1 Å². The Morgan fingerprint density at radius 2 is 1.88 bits per heavy atom. The van der Waals surface area contributed by atoms with E-state index in [1.165, 1.54) is 0 Å². The largest absolute Gasteiger partial charge is 0.475 e. The van der Waals surface area contributed by atoms with E-state index in [4.69, 9.17) is 16.3 Å². The molecule has 0 aliphatic rings. The van der Waals surface area contributed by atoms with Crippen molar-refractivity contribution in [3.8, 4) is 5.88 Å². The number of halogens is 1. The minimum atomic E-state index is -1.20. The number of aromatic nitrogens is 3. The summed E-state index contributed by atoms with van der Waals surface area (Å²) < 4.78 is 5.82. The van der Waals surface area contributed by atoms with Crippen LogP contribution in [-0.2, 0) is 13.0 Å². The molecule has 3 rings (SSSR count). The molecular weight excluding hydrogens is 354 g/mol. The second-order valence-electron chi connectivity index (χ2n) is 5.63. The number of carboxylic acids is 1. The Morgan fingerprint density at radius 3 is 2.58 bits per heavy atom. The van der Waals surface area contributed by atoms with E-state index in [1.807, 2.05) is 30.3 Å². The lowest BCUT2D eigenvalue weighted by atomic mass is 10.0. The highest BCUT2D eigenvalue weighted by atomic mass is 35.5. The van der Waals surface area contributed by atoms with Gasteiger partial charge in [0.05, 0.1) is 0 Å². The molecule has 0 unspecified atom stereocenters. The van der Waals surface area contributed by atoms with Crippen LogP contribution in [0.3, 0.4) is 0 Å². The molecule has 132 valence electrons. The van der Waals surface area contributed by atoms with Gasteiger partial charge in [0.1, 0.15) is 6.61 Å². The monoisotopic (exact) mass is 369 g/mol. The van der Waals surface area contributed by atoms with Crippen LogP contribution in [0.15, 0.2) is 48.8 Å². The van der Waals surface area contributed by atoms with Gasteiger partial charge in [-0.15, -0.1) is 0 Å². The molecule has 1 aromatic carbocycles. The number of pyridine rings is 1. The van der Waals surface area contributed by atoms with Crippen molar-refractivity contribution in [2.75, 3.05) is 0 Å². The van der Waals surface area contributed by atoms with Crippen LogP contribution < -0.4 is 4.74 Å². The SMILES string of the molecule is Cc1nc(C(=O)O)nc(OCc2ccncc2)c1Cc1ccccc1Cl. The standard InChI is InChI=1S/C19H16ClN3O3/c1-12-15(10-14-4-2-3-5-16(14)20)18(23-17(22-12)19(24)25)26-11-13-6-8-21-9-7-13/h2-9H,10-11H2,1H3,(H,24,25). The fourth-order valence-corrected chi connectivity index (χ4v) is 2.65. The first-order valence-electron chi connectivity index (χ1n) is 7.90. The summed E-state index contributed by atoms with van der Waals surface area (Å²) in [6.07, 6.45) is 3.77. The molecule has 2 heterocycles. The summed E-state index contributed by atoms with van der Waals surface area (Å²) in [5.41, 5.74) is 3.04. The van der Waals surface area contributed by atoms with Crippen LogP contribution in [0.1, 0.15) is 33.0 Å². The zero-order valence-corrected chi connectivity index (χ0v) is 14.8. The average molecular weight is 370 g/mol. The molecule has 0 radical (unpaired) electrons. The molecule has 2 aromatic heterocycles. The van der Waals surface area contributed by atoms with Gasteiger partial charge < -0.3 is 9.84 Å². The van der Waals surface area contributed by atoms with Crippen molar-refractivity contribution in [3.05, 3.63) is 82.0 Å². The van der Waals surface area contributed by atoms with Crippen molar-refractivity contribution >= 4 is 17.6 Å². The van der Waals surface area contributed by atoms with Crippen LogP contribution in [-0.4, -0.2) is 26.0 Å². The fourth-order valence-electron chi connectivity index (χ4n) is 2.45. The predicted molar refractivity (Wildman–Crippen MR) is 96.6 cm³/mol. The van der Waals surface area contributed by atoms with E-state index in [1.54, 1.807) is 25.4 Å². The minimum Gasteiger partial charge on any atom is -0.475 e. The molecule has 0 aliphatic heterocycles. The van der Waals surface area contributed by atoms with E-state index < -0.39 is 5.97 Å². The summed E-state index contributed by atoms with van der Waals surface area (Å²) in [5.74, 6) is -1.26. The van der Waals surface area contributed by atoms with Gasteiger partial charge in [0.25, 0.3) is 0 Å². The lowest BCUT2D eigenvalue weighted by molar-refractivity contribution is 0.0681. The summed E-state index contributed by atoms with van der Waals surface area (Å²) >= 11 is 6.25. The minimum absolute atomic E-state index is 0.242. The van der Waals surface area contributed by atoms with Crippen molar-refractivity contribution in [1.29, 1.82) is 0 Å². The maximum atomic E-state index is 11.3. The highest BCUT2D eigenvalue weighted by Gasteiger charge is 2.18. The van der Waals surface area contributed by atoms with E-state index in [9.17, 15) is 9.90 Å². The van der Waals surface area contributed by atoms with Crippen molar-refractivity contribution < 1.29 is 14.6 Å². The fraction of sp³-hybridized carbons (Fsp3) is 0.158. The predicted octanol–water partition coefficient (Wildman–Crippen LogP) is 3.70. The third-order valence-electron chi connectivity index (χ3n) is 3.82. The molecule has 26 heavy (non-hydrogen) atoms. The quantitative estimate of drug-likeness (QED) is 0.713. The van der Waals surface area contributed by atoms with Gasteiger partial charge >= 0.3 is 5.97 Å². The first-order chi connectivity index (χ1) is 12.5. The van der Waals surface area contributed by atoms with Crippen LogP contribution in [0, 0.1) is 6.92 Å². The van der Waals surface area contributed by atoms with Crippen molar-refractivity contribution in [2.45, 2.75) is 20.0 Å². The van der Waals surface area contributed by atoms with Crippen LogP contribution in [0.5, 0.6) is 5.88 Å². The number of aromatic carboxylic acids is 1. The molecule has 0 spiro atoms. The molecule has 0 fully saturated rings. The molecule has 7 heteroatoms. The summed E-state index contributed by atoms with van der Waals surface area (Å²) in [6.45, 7) is 1.98. The molecule has 0 saturated carbocycles. The summed E-state index contributed by atoms with van der Waals surface area (Å²) in [7, 11) is 0. The molecule has 0 amide bonds. The first-order valence-corrected chi connectivity index (χ1v) is 8.28. The van der Waals surface area contributed by atoms with E-state index in [0.29, 0.717) is 22.7 Å². The number of hydrogen-bond donors (Lipinski definition) is 1. The van der Waals surface area contributed by atoms with Crippen LogP contribution in [0.4, 0.5) is 0 Å². The lowest BCUT2D eigenvalue weighted by Gasteiger charge is -2.14. The second-order valence-corrected chi connectivity index (χ2v) is 6.04. The maximum absolute atomic E-state index is 11.3. The first kappa shape index (κ1) is 17.8. The van der Waals surface area contributed by atoms with E-state index in [0.717, 1.165) is 11.1 Å². The topological polar surface area (TPSA) is 85.2 Å². The maximum Gasteiger partial charge on any atom is 0.374 e. The molecule has 0 aliphatic carbocycles. The van der Waals surface area contributed by atoms with Crippen LogP contribution >= 0.6 is 11.6 Å². The van der Waals surface area contributed by atoms with E-state index in [-0.39, 0.29) is 18.3 Å². The highest BCUT2D eigenvalue weighted by Crippen LogP contribution is 2.26. The van der Waals surface area contributed by atoms with Gasteiger partial charge in [-0.2, -0.15) is 4.98 Å². The summed E-state index contributed by atoms with van der Waals surface area (Å²) in [6, 6.07) is 11.1. The van der Waals surface area contributed by atoms with Crippen molar-refractivity contribution in [3.63, 3.8) is 0 Å². The smallest absolute Gasteiger partial charge is 0.374 e. The number of rotatable bonds is 6. The summed E-state index contributed by atoms with van der Waals surface area (Å²) in [5, 5.41) is 9.85. The van der Waals surface area contributed by atoms with Crippen molar-refractivity contribution in [1.82, 2.24) is 15.0 Å². The third-order valence-corrected chi connectivity index (χ3v) is 4.19. The Bertz CT molecular complexity index is 933. The molecular formula is C19H16ClN3O3. The molecule has 1 N–H and O–H groups in total. The number of benzene rings is 1. The number of carboxylic acid groups (broad SMARTS) is 1. The number of ether oxygens (including phenoxy) is 1.